The molecule has 1 aromatic carbocycles. The van der Waals surface area contributed by atoms with Crippen LogP contribution in [0.5, 0.6) is 0 Å². The third-order valence-corrected chi connectivity index (χ3v) is 6.07. The number of hydrogen-bond donors (Lipinski definition) is 3. The maximum absolute atomic E-state index is 13.0. The number of carbonyl (C=O) groups is 1. The van der Waals surface area contributed by atoms with Crippen molar-refractivity contribution in [2.24, 2.45) is 11.3 Å². The summed E-state index contributed by atoms with van der Waals surface area (Å²) in [6, 6.07) is 5.75. The molecule has 2 unspecified atom stereocenters. The number of nitrogens with one attached hydrogen (secondary N) is 1. The zero-order valence-electron chi connectivity index (χ0n) is 13.3. The number of benzene rings is 1. The van der Waals surface area contributed by atoms with E-state index in [1.165, 1.54) is 19.3 Å². The minimum Gasteiger partial charge on any atom is -0.372 e. The molecule has 3 N–H and O–H groups in total. The monoisotopic (exact) mass is 316 g/mol. The molecule has 0 radical (unpaired) electrons. The van der Waals surface area contributed by atoms with Crippen LogP contribution in [0.1, 0.15) is 48.6 Å². The Balaban J connectivity index is 1.56. The zero-order chi connectivity index (χ0) is 16.0. The van der Waals surface area contributed by atoms with Crippen molar-refractivity contribution in [3.63, 3.8) is 0 Å². The molecular weight excluding hydrogens is 292 g/mol. The van der Waals surface area contributed by atoms with E-state index in [1.807, 2.05) is 23.7 Å². The van der Waals surface area contributed by atoms with E-state index in [4.69, 9.17) is 5.21 Å². The molecule has 2 fully saturated rings. The predicted octanol–water partition coefficient (Wildman–Crippen LogP) is 1.77. The average Bonchev–Trinajstić information content (AvgIpc) is 3.04. The van der Waals surface area contributed by atoms with Gasteiger partial charge in [0, 0.05) is 18.7 Å². The number of fused-ring (bicyclic) bond motifs is 1. The van der Waals surface area contributed by atoms with Crippen LogP contribution < -0.4 is 5.48 Å². The number of aliphatic hydroxyl groups is 1. The lowest BCUT2D eigenvalue weighted by atomic mass is 9.82. The second-order valence-corrected chi connectivity index (χ2v) is 7.45. The second-order valence-electron chi connectivity index (χ2n) is 7.45. The van der Waals surface area contributed by atoms with E-state index in [0.717, 1.165) is 37.1 Å². The van der Waals surface area contributed by atoms with E-state index in [-0.39, 0.29) is 11.3 Å². The number of nitrogens with zero attached hydrogens (tertiary/aromatic N) is 1. The lowest BCUT2D eigenvalue weighted by Gasteiger charge is -2.31. The first kappa shape index (κ1) is 15.1. The minimum absolute atomic E-state index is 0.290. The van der Waals surface area contributed by atoms with Gasteiger partial charge in [-0.15, -0.1) is 0 Å². The number of amides is 1. The summed E-state index contributed by atoms with van der Waals surface area (Å²) in [4.78, 5) is 15.1. The quantitative estimate of drug-likeness (QED) is 0.585. The van der Waals surface area contributed by atoms with Crippen molar-refractivity contribution in [3.05, 3.63) is 34.9 Å². The molecule has 1 spiro atoms. The third-order valence-electron chi connectivity index (χ3n) is 6.07. The van der Waals surface area contributed by atoms with Crippen molar-refractivity contribution in [3.8, 4) is 0 Å². The summed E-state index contributed by atoms with van der Waals surface area (Å²) in [5, 5.41) is 19.0. The van der Waals surface area contributed by atoms with E-state index in [9.17, 15) is 9.90 Å². The summed E-state index contributed by atoms with van der Waals surface area (Å²) < 4.78 is 0. The van der Waals surface area contributed by atoms with Gasteiger partial charge in [0.2, 0.25) is 5.91 Å². The van der Waals surface area contributed by atoms with Crippen molar-refractivity contribution in [1.29, 1.82) is 0 Å². The Labute approximate surface area is 136 Å². The van der Waals surface area contributed by atoms with Gasteiger partial charge in [0.15, 0.2) is 6.23 Å². The minimum atomic E-state index is -1.09. The smallest absolute Gasteiger partial charge is 0.229 e. The molecule has 2 aliphatic carbocycles. The molecule has 4 rings (SSSR count). The Morgan fingerprint density at radius 2 is 2.17 bits per heavy atom. The first-order valence-corrected chi connectivity index (χ1v) is 8.61. The summed E-state index contributed by atoms with van der Waals surface area (Å²) in [5.74, 6) is 0.992. The second kappa shape index (κ2) is 5.58. The maximum Gasteiger partial charge on any atom is 0.229 e. The molecule has 0 bridgehead atoms. The van der Waals surface area contributed by atoms with E-state index in [2.05, 4.69) is 4.90 Å². The molecule has 3 aliphatic rings. The van der Waals surface area contributed by atoms with Gasteiger partial charge < -0.3 is 15.2 Å². The van der Waals surface area contributed by atoms with E-state index in [0.29, 0.717) is 17.9 Å². The third kappa shape index (κ3) is 2.38. The Morgan fingerprint density at radius 1 is 1.35 bits per heavy atom. The van der Waals surface area contributed by atoms with Crippen molar-refractivity contribution >= 4 is 5.91 Å². The number of aliphatic hydroxyl groups excluding tert-OH is 1. The van der Waals surface area contributed by atoms with Crippen molar-refractivity contribution in [2.75, 3.05) is 13.1 Å². The van der Waals surface area contributed by atoms with Crippen LogP contribution in [-0.2, 0) is 17.6 Å². The van der Waals surface area contributed by atoms with Crippen LogP contribution in [0.25, 0.3) is 0 Å². The van der Waals surface area contributed by atoms with Gasteiger partial charge in [0.1, 0.15) is 0 Å². The Hall–Kier alpha value is -1.43. The molecule has 23 heavy (non-hydrogen) atoms. The number of carbonyl (C=O) groups excluding carboxylic acids is 1. The summed E-state index contributed by atoms with van der Waals surface area (Å²) in [6.45, 7) is 1.78. The first-order chi connectivity index (χ1) is 11.1. The average molecular weight is 316 g/mol. The van der Waals surface area contributed by atoms with Gasteiger partial charge in [0.25, 0.3) is 0 Å². The molecule has 0 aromatic heterocycles. The Morgan fingerprint density at radius 3 is 2.87 bits per heavy atom. The largest absolute Gasteiger partial charge is 0.372 e. The molecule has 1 amide bonds. The molecule has 1 aromatic rings. The van der Waals surface area contributed by atoms with Crippen LogP contribution in [0.3, 0.4) is 0 Å². The van der Waals surface area contributed by atoms with Crippen LogP contribution in [-0.4, -0.2) is 34.2 Å². The molecule has 2 atom stereocenters. The van der Waals surface area contributed by atoms with Gasteiger partial charge in [-0.25, -0.2) is 0 Å². The van der Waals surface area contributed by atoms with Crippen LogP contribution in [0.15, 0.2) is 18.2 Å². The van der Waals surface area contributed by atoms with Gasteiger partial charge in [-0.3, -0.25) is 4.79 Å². The molecular formula is C18H24N2O3. The van der Waals surface area contributed by atoms with Gasteiger partial charge in [0.05, 0.1) is 5.41 Å². The standard InChI is InChI=1S/C18H24N2O3/c21-16(19-23)14-6-2-5-13-9-18(10-15(13)14)7-8-20(17(18)22)11-12-3-1-4-12/h2,5-6,12,16,19,21,23H,1,3-4,7-11H2. The number of hydroxylamine groups is 1. The summed E-state index contributed by atoms with van der Waals surface area (Å²) in [5.41, 5.74) is 4.44. The molecule has 1 aliphatic heterocycles. The highest BCUT2D eigenvalue weighted by molar-refractivity contribution is 5.86. The maximum atomic E-state index is 13.0. The number of likely N-dealkylation sites (tertiary alicyclic amines) is 1. The molecule has 5 heteroatoms. The highest BCUT2D eigenvalue weighted by atomic mass is 16.5. The molecule has 124 valence electrons. The Bertz CT molecular complexity index is 629. The lowest BCUT2D eigenvalue weighted by molar-refractivity contribution is -0.136. The van der Waals surface area contributed by atoms with Crippen molar-refractivity contribution < 1.29 is 15.1 Å². The molecule has 1 heterocycles. The highest BCUT2D eigenvalue weighted by Gasteiger charge is 2.51. The highest BCUT2D eigenvalue weighted by Crippen LogP contribution is 2.47. The van der Waals surface area contributed by atoms with E-state index >= 15 is 0 Å². The zero-order valence-corrected chi connectivity index (χ0v) is 13.3. The first-order valence-electron chi connectivity index (χ1n) is 8.61. The summed E-state index contributed by atoms with van der Waals surface area (Å²) in [7, 11) is 0. The fourth-order valence-electron chi connectivity index (χ4n) is 4.51. The SMILES string of the molecule is O=C1N(CC2CCC2)CCC12Cc1cccc(C(O)NO)c1C2. The van der Waals surface area contributed by atoms with Crippen molar-refractivity contribution in [2.45, 2.75) is 44.8 Å². The fourth-order valence-corrected chi connectivity index (χ4v) is 4.51. The van der Waals surface area contributed by atoms with Crippen LogP contribution >= 0.6 is 0 Å². The van der Waals surface area contributed by atoms with Crippen LogP contribution in [0.4, 0.5) is 0 Å². The van der Waals surface area contributed by atoms with Gasteiger partial charge in [-0.05, 0) is 49.1 Å². The molecule has 1 saturated heterocycles. The predicted molar refractivity (Wildman–Crippen MR) is 84.7 cm³/mol. The van der Waals surface area contributed by atoms with Crippen LogP contribution in [0.2, 0.25) is 0 Å². The normalized spacial score (nSPS) is 28.3. The number of rotatable bonds is 4. The van der Waals surface area contributed by atoms with Gasteiger partial charge in [-0.1, -0.05) is 24.6 Å². The summed E-state index contributed by atoms with van der Waals surface area (Å²) >= 11 is 0. The molecule has 5 nitrogen and oxygen atoms in total. The lowest BCUT2D eigenvalue weighted by Crippen LogP contribution is -2.39. The van der Waals surface area contributed by atoms with Crippen molar-refractivity contribution in [1.82, 2.24) is 10.4 Å². The summed E-state index contributed by atoms with van der Waals surface area (Å²) in [6.07, 6.45) is 5.06. The topological polar surface area (TPSA) is 72.8 Å². The number of hydrogen-bond acceptors (Lipinski definition) is 4. The van der Waals surface area contributed by atoms with Crippen LogP contribution in [0, 0.1) is 11.3 Å². The van der Waals surface area contributed by atoms with Gasteiger partial charge in [-0.2, -0.15) is 5.48 Å². The Kier molecular flexibility index (Phi) is 3.67. The fraction of sp³-hybridized carbons (Fsp3) is 0.611. The van der Waals surface area contributed by atoms with Gasteiger partial charge >= 0.3 is 0 Å². The van der Waals surface area contributed by atoms with E-state index < -0.39 is 6.23 Å². The molecule has 1 saturated carbocycles. The van der Waals surface area contributed by atoms with E-state index in [1.54, 1.807) is 0 Å².